The molecule has 0 fully saturated rings. The molecule has 2 rings (SSSR count). The van der Waals surface area contributed by atoms with E-state index >= 15 is 0 Å². The van der Waals surface area contributed by atoms with Crippen LogP contribution in [0.4, 0.5) is 0 Å². The summed E-state index contributed by atoms with van der Waals surface area (Å²) in [5.74, 6) is 0.345. The van der Waals surface area contributed by atoms with Crippen molar-refractivity contribution in [2.75, 3.05) is 13.2 Å². The molecule has 2 aromatic carbocycles. The largest absolute Gasteiger partial charge is 0.490 e. The maximum absolute atomic E-state index is 12.4. The second-order valence-corrected chi connectivity index (χ2v) is 4.39. The first-order valence-electron chi connectivity index (χ1n) is 6.42. The van der Waals surface area contributed by atoms with Crippen molar-refractivity contribution in [3.8, 4) is 5.75 Å². The molecule has 0 aliphatic heterocycles. The number of carbonyl (C=O) groups excluding carboxylic acids is 1. The lowest BCUT2D eigenvalue weighted by Gasteiger charge is -2.13. The third-order valence-corrected chi connectivity index (χ3v) is 2.87. The zero-order valence-electron chi connectivity index (χ0n) is 11.0. The standard InChI is InChI=1S/C16H17NO3/c17-10-13(18)11-20-15-9-5-4-8-14(15)16(19)12-6-2-1-3-7-12/h1-9,13,18H,10-11,17H2. The molecule has 0 radical (unpaired) electrons. The fourth-order valence-corrected chi connectivity index (χ4v) is 1.78. The number of hydrogen-bond donors (Lipinski definition) is 2. The van der Waals surface area contributed by atoms with Crippen molar-refractivity contribution in [2.24, 2.45) is 5.73 Å². The van der Waals surface area contributed by atoms with Gasteiger partial charge in [0.1, 0.15) is 18.5 Å². The second kappa shape index (κ2) is 6.84. The zero-order chi connectivity index (χ0) is 14.4. The summed E-state index contributed by atoms with van der Waals surface area (Å²) in [4.78, 5) is 12.4. The molecule has 4 nitrogen and oxygen atoms in total. The molecular formula is C16H17NO3. The van der Waals surface area contributed by atoms with Gasteiger partial charge in [0.15, 0.2) is 5.78 Å². The average molecular weight is 271 g/mol. The molecule has 0 bridgehead atoms. The van der Waals surface area contributed by atoms with Crippen molar-refractivity contribution in [1.82, 2.24) is 0 Å². The van der Waals surface area contributed by atoms with Crippen LogP contribution in [0.15, 0.2) is 54.6 Å². The maximum Gasteiger partial charge on any atom is 0.196 e. The Bertz CT molecular complexity index is 569. The third kappa shape index (κ3) is 3.44. The molecule has 3 N–H and O–H groups in total. The first kappa shape index (κ1) is 14.2. The van der Waals surface area contributed by atoms with Gasteiger partial charge in [0.05, 0.1) is 5.56 Å². The van der Waals surface area contributed by atoms with E-state index in [-0.39, 0.29) is 18.9 Å². The van der Waals surface area contributed by atoms with Crippen molar-refractivity contribution in [3.05, 3.63) is 65.7 Å². The summed E-state index contributed by atoms with van der Waals surface area (Å²) < 4.78 is 5.48. The van der Waals surface area contributed by atoms with E-state index in [9.17, 15) is 9.90 Å². The van der Waals surface area contributed by atoms with Gasteiger partial charge in [-0.2, -0.15) is 0 Å². The Hall–Kier alpha value is -2.17. The number of rotatable bonds is 6. The van der Waals surface area contributed by atoms with Crippen LogP contribution in [0, 0.1) is 0 Å². The summed E-state index contributed by atoms with van der Waals surface area (Å²) in [6.07, 6.45) is -0.741. The van der Waals surface area contributed by atoms with Crippen molar-refractivity contribution in [1.29, 1.82) is 0 Å². The molecular weight excluding hydrogens is 254 g/mol. The van der Waals surface area contributed by atoms with Crippen molar-refractivity contribution < 1.29 is 14.6 Å². The van der Waals surface area contributed by atoms with E-state index in [1.165, 1.54) is 0 Å². The number of aliphatic hydroxyl groups excluding tert-OH is 1. The number of ether oxygens (including phenoxy) is 1. The number of nitrogens with two attached hydrogens (primary N) is 1. The van der Waals surface area contributed by atoms with Crippen LogP contribution in [0.25, 0.3) is 0 Å². The number of aliphatic hydroxyl groups is 1. The van der Waals surface area contributed by atoms with E-state index in [4.69, 9.17) is 10.5 Å². The van der Waals surface area contributed by atoms with E-state index in [1.807, 2.05) is 18.2 Å². The lowest BCUT2D eigenvalue weighted by Crippen LogP contribution is -2.27. The summed E-state index contributed by atoms with van der Waals surface area (Å²) in [5.41, 5.74) is 6.40. The fourth-order valence-electron chi connectivity index (χ4n) is 1.78. The fraction of sp³-hybridized carbons (Fsp3) is 0.188. The van der Waals surface area contributed by atoms with E-state index in [1.54, 1.807) is 36.4 Å². The van der Waals surface area contributed by atoms with Gasteiger partial charge in [0, 0.05) is 12.1 Å². The first-order valence-corrected chi connectivity index (χ1v) is 6.42. The Morgan fingerprint density at radius 3 is 2.45 bits per heavy atom. The normalized spacial score (nSPS) is 11.9. The topological polar surface area (TPSA) is 72.6 Å². The Labute approximate surface area is 117 Å². The number of hydrogen-bond acceptors (Lipinski definition) is 4. The highest BCUT2D eigenvalue weighted by Gasteiger charge is 2.14. The van der Waals surface area contributed by atoms with Gasteiger partial charge in [0.2, 0.25) is 0 Å². The quantitative estimate of drug-likeness (QED) is 0.783. The third-order valence-electron chi connectivity index (χ3n) is 2.87. The second-order valence-electron chi connectivity index (χ2n) is 4.39. The minimum atomic E-state index is -0.741. The summed E-state index contributed by atoms with van der Waals surface area (Å²) >= 11 is 0. The molecule has 0 heterocycles. The molecule has 2 aromatic rings. The van der Waals surface area contributed by atoms with Crippen molar-refractivity contribution in [2.45, 2.75) is 6.10 Å². The van der Waals surface area contributed by atoms with Crippen LogP contribution in [-0.2, 0) is 0 Å². The molecule has 104 valence electrons. The van der Waals surface area contributed by atoms with Crippen LogP contribution in [0.1, 0.15) is 15.9 Å². The molecule has 0 aromatic heterocycles. The van der Waals surface area contributed by atoms with Crippen LogP contribution in [0.2, 0.25) is 0 Å². The molecule has 0 amide bonds. The van der Waals surface area contributed by atoms with Crippen LogP contribution in [0.5, 0.6) is 5.75 Å². The van der Waals surface area contributed by atoms with E-state index in [0.717, 1.165) is 0 Å². The molecule has 1 atom stereocenters. The SMILES string of the molecule is NCC(O)COc1ccccc1C(=O)c1ccccc1. The molecule has 0 saturated heterocycles. The molecule has 0 aliphatic rings. The Balaban J connectivity index is 2.21. The number of para-hydroxylation sites is 1. The molecule has 0 spiro atoms. The van der Waals surface area contributed by atoms with Crippen LogP contribution >= 0.6 is 0 Å². The molecule has 1 unspecified atom stereocenters. The van der Waals surface area contributed by atoms with Gasteiger partial charge < -0.3 is 15.6 Å². The lowest BCUT2D eigenvalue weighted by atomic mass is 10.0. The van der Waals surface area contributed by atoms with Gasteiger partial charge in [-0.1, -0.05) is 42.5 Å². The molecule has 20 heavy (non-hydrogen) atoms. The van der Waals surface area contributed by atoms with E-state index in [0.29, 0.717) is 16.9 Å². The lowest BCUT2D eigenvalue weighted by molar-refractivity contribution is 0.101. The number of ketones is 1. The van der Waals surface area contributed by atoms with E-state index < -0.39 is 6.10 Å². The van der Waals surface area contributed by atoms with E-state index in [2.05, 4.69) is 0 Å². The van der Waals surface area contributed by atoms with Gasteiger partial charge in [-0.25, -0.2) is 0 Å². The maximum atomic E-state index is 12.4. The molecule has 0 aliphatic carbocycles. The summed E-state index contributed by atoms with van der Waals surface area (Å²) in [7, 11) is 0. The van der Waals surface area contributed by atoms with Gasteiger partial charge >= 0.3 is 0 Å². The summed E-state index contributed by atoms with van der Waals surface area (Å²) in [6, 6.07) is 16.0. The van der Waals surface area contributed by atoms with Crippen LogP contribution in [-0.4, -0.2) is 30.1 Å². The van der Waals surface area contributed by atoms with Crippen molar-refractivity contribution in [3.63, 3.8) is 0 Å². The van der Waals surface area contributed by atoms with Gasteiger partial charge in [-0.3, -0.25) is 4.79 Å². The average Bonchev–Trinajstić information content (AvgIpc) is 2.53. The Morgan fingerprint density at radius 2 is 1.75 bits per heavy atom. The predicted molar refractivity (Wildman–Crippen MR) is 76.9 cm³/mol. The zero-order valence-corrected chi connectivity index (χ0v) is 11.0. The molecule has 4 heteroatoms. The summed E-state index contributed by atoms with van der Waals surface area (Å²) in [6.45, 7) is 0.185. The number of carbonyl (C=O) groups is 1. The minimum Gasteiger partial charge on any atom is -0.490 e. The van der Waals surface area contributed by atoms with Gasteiger partial charge in [-0.15, -0.1) is 0 Å². The van der Waals surface area contributed by atoms with Crippen LogP contribution in [0.3, 0.4) is 0 Å². The predicted octanol–water partition coefficient (Wildman–Crippen LogP) is 1.62. The van der Waals surface area contributed by atoms with Gasteiger partial charge in [0.25, 0.3) is 0 Å². The van der Waals surface area contributed by atoms with Crippen molar-refractivity contribution >= 4 is 5.78 Å². The number of benzene rings is 2. The first-order chi connectivity index (χ1) is 9.72. The Morgan fingerprint density at radius 1 is 1.10 bits per heavy atom. The highest BCUT2D eigenvalue weighted by Crippen LogP contribution is 2.21. The van der Waals surface area contributed by atoms with Gasteiger partial charge in [-0.05, 0) is 12.1 Å². The highest BCUT2D eigenvalue weighted by atomic mass is 16.5. The Kier molecular flexibility index (Phi) is 4.87. The highest BCUT2D eigenvalue weighted by molar-refractivity contribution is 6.10. The van der Waals surface area contributed by atoms with Crippen LogP contribution < -0.4 is 10.5 Å². The smallest absolute Gasteiger partial charge is 0.196 e. The minimum absolute atomic E-state index is 0.0651. The summed E-state index contributed by atoms with van der Waals surface area (Å²) in [5, 5.41) is 9.43. The molecule has 0 saturated carbocycles. The monoisotopic (exact) mass is 271 g/mol.